The Bertz CT molecular complexity index is 349. The number of benzene rings is 1. The Balaban J connectivity index is 2.16. The molecule has 17 heavy (non-hydrogen) atoms. The van der Waals surface area contributed by atoms with E-state index in [1.54, 1.807) is 24.3 Å². The smallest absolute Gasteiger partial charge is 0.234 e. The molecule has 5 heteroatoms. The highest BCUT2D eigenvalue weighted by molar-refractivity contribution is 5.77. The van der Waals surface area contributed by atoms with Crippen LogP contribution >= 0.6 is 0 Å². The summed E-state index contributed by atoms with van der Waals surface area (Å²) in [5.41, 5.74) is 6.26. The molecule has 1 aromatic rings. The second-order valence-electron chi connectivity index (χ2n) is 4.01. The molecule has 94 valence electrons. The molecule has 0 aliphatic rings. The van der Waals surface area contributed by atoms with Crippen LogP contribution in [0.4, 0.5) is 5.69 Å². The first-order chi connectivity index (χ1) is 8.08. The second-order valence-corrected chi connectivity index (χ2v) is 4.01. The van der Waals surface area contributed by atoms with Crippen LogP contribution in [-0.4, -0.2) is 44.6 Å². The lowest BCUT2D eigenvalue weighted by Gasteiger charge is -2.10. The number of rotatable bonds is 6. The molecule has 0 saturated carbocycles. The van der Waals surface area contributed by atoms with Gasteiger partial charge in [0.15, 0.2) is 0 Å². The Labute approximate surface area is 102 Å². The molecule has 5 nitrogen and oxygen atoms in total. The summed E-state index contributed by atoms with van der Waals surface area (Å²) in [6.45, 7) is 1.34. The molecule has 0 fully saturated rings. The van der Waals surface area contributed by atoms with E-state index in [0.717, 1.165) is 5.75 Å². The first kappa shape index (κ1) is 13.3. The van der Waals surface area contributed by atoms with Crippen LogP contribution < -0.4 is 15.8 Å². The van der Waals surface area contributed by atoms with E-state index in [1.807, 2.05) is 19.0 Å². The number of amides is 1. The molecule has 0 atom stereocenters. The molecule has 0 unspecified atom stereocenters. The van der Waals surface area contributed by atoms with Crippen molar-refractivity contribution in [3.8, 4) is 5.75 Å². The van der Waals surface area contributed by atoms with Crippen molar-refractivity contribution in [2.75, 3.05) is 39.5 Å². The van der Waals surface area contributed by atoms with Crippen molar-refractivity contribution >= 4 is 11.6 Å². The molecule has 1 rings (SSSR count). The number of carbonyl (C=O) groups excluding carboxylic acids is 1. The minimum absolute atomic E-state index is 0.00379. The van der Waals surface area contributed by atoms with E-state index in [1.165, 1.54) is 0 Å². The lowest BCUT2D eigenvalue weighted by atomic mass is 10.3. The largest absolute Gasteiger partial charge is 0.492 e. The summed E-state index contributed by atoms with van der Waals surface area (Å²) in [7, 11) is 3.70. The molecule has 0 heterocycles. The van der Waals surface area contributed by atoms with Crippen molar-refractivity contribution in [2.45, 2.75) is 0 Å². The fourth-order valence-electron chi connectivity index (χ4n) is 1.27. The fraction of sp³-hybridized carbons (Fsp3) is 0.417. The van der Waals surface area contributed by atoms with Gasteiger partial charge in [-0.3, -0.25) is 4.79 Å². The van der Waals surface area contributed by atoms with E-state index in [4.69, 9.17) is 10.5 Å². The fourth-order valence-corrected chi connectivity index (χ4v) is 1.27. The molecule has 0 saturated heterocycles. The van der Waals surface area contributed by atoms with E-state index in [2.05, 4.69) is 5.32 Å². The zero-order valence-corrected chi connectivity index (χ0v) is 10.3. The molecular weight excluding hydrogens is 218 g/mol. The van der Waals surface area contributed by atoms with Crippen molar-refractivity contribution in [3.63, 3.8) is 0 Å². The van der Waals surface area contributed by atoms with Crippen LogP contribution in [-0.2, 0) is 4.79 Å². The Hall–Kier alpha value is -1.75. The summed E-state index contributed by atoms with van der Waals surface area (Å²) in [5.74, 6) is 0.747. The molecule has 1 amide bonds. The quantitative estimate of drug-likeness (QED) is 0.552. The van der Waals surface area contributed by atoms with E-state index in [0.29, 0.717) is 25.4 Å². The number of nitrogens with one attached hydrogen (secondary N) is 1. The number of carbonyl (C=O) groups is 1. The summed E-state index contributed by atoms with van der Waals surface area (Å²) in [4.78, 5) is 13.1. The van der Waals surface area contributed by atoms with Gasteiger partial charge in [-0.1, -0.05) is 0 Å². The Morgan fingerprint density at radius 1 is 1.35 bits per heavy atom. The molecule has 0 spiro atoms. The van der Waals surface area contributed by atoms with E-state index >= 15 is 0 Å². The number of hydrogen-bond acceptors (Lipinski definition) is 4. The molecule has 0 bridgehead atoms. The predicted molar refractivity (Wildman–Crippen MR) is 67.9 cm³/mol. The lowest BCUT2D eigenvalue weighted by molar-refractivity contribution is -0.121. The van der Waals surface area contributed by atoms with Crippen molar-refractivity contribution < 1.29 is 9.53 Å². The number of ether oxygens (including phenoxy) is 1. The maximum atomic E-state index is 11.3. The van der Waals surface area contributed by atoms with Gasteiger partial charge in [-0.25, -0.2) is 0 Å². The van der Waals surface area contributed by atoms with E-state index in [-0.39, 0.29) is 5.91 Å². The van der Waals surface area contributed by atoms with Gasteiger partial charge in [0, 0.05) is 5.69 Å². The highest BCUT2D eigenvalue weighted by atomic mass is 16.5. The molecule has 0 radical (unpaired) electrons. The van der Waals surface area contributed by atoms with Gasteiger partial charge in [0.1, 0.15) is 12.4 Å². The van der Waals surface area contributed by atoms with Gasteiger partial charge >= 0.3 is 0 Å². The van der Waals surface area contributed by atoms with Crippen LogP contribution in [0.25, 0.3) is 0 Å². The summed E-state index contributed by atoms with van der Waals surface area (Å²) in [5, 5.41) is 2.77. The molecule has 0 aliphatic heterocycles. The number of hydrogen-bond donors (Lipinski definition) is 2. The SMILES string of the molecule is CN(C)CC(=O)NCCOc1ccc(N)cc1. The first-order valence-corrected chi connectivity index (χ1v) is 5.47. The first-order valence-electron chi connectivity index (χ1n) is 5.47. The normalized spacial score (nSPS) is 10.3. The van der Waals surface area contributed by atoms with Gasteiger partial charge in [-0.2, -0.15) is 0 Å². The van der Waals surface area contributed by atoms with Gasteiger partial charge in [-0.15, -0.1) is 0 Å². The summed E-state index contributed by atoms with van der Waals surface area (Å²) in [6.07, 6.45) is 0. The van der Waals surface area contributed by atoms with E-state index < -0.39 is 0 Å². The number of anilines is 1. The zero-order chi connectivity index (χ0) is 12.7. The third-order valence-electron chi connectivity index (χ3n) is 2.03. The molecule has 0 aliphatic carbocycles. The summed E-state index contributed by atoms with van der Waals surface area (Å²) < 4.78 is 5.43. The highest BCUT2D eigenvalue weighted by Crippen LogP contribution is 2.12. The monoisotopic (exact) mass is 237 g/mol. The third-order valence-corrected chi connectivity index (χ3v) is 2.03. The van der Waals surface area contributed by atoms with Crippen molar-refractivity contribution in [2.24, 2.45) is 0 Å². The van der Waals surface area contributed by atoms with Crippen molar-refractivity contribution in [3.05, 3.63) is 24.3 Å². The number of nitrogens with two attached hydrogens (primary N) is 1. The second kappa shape index (κ2) is 6.75. The van der Waals surface area contributed by atoms with Gasteiger partial charge in [-0.05, 0) is 38.4 Å². The predicted octanol–water partition coefficient (Wildman–Crippen LogP) is 0.325. The molecular formula is C12H19N3O2. The number of nitrogens with zero attached hydrogens (tertiary/aromatic N) is 1. The molecule has 0 aromatic heterocycles. The van der Waals surface area contributed by atoms with Crippen LogP contribution in [0.1, 0.15) is 0 Å². The molecule has 3 N–H and O–H groups in total. The minimum Gasteiger partial charge on any atom is -0.492 e. The van der Waals surface area contributed by atoms with Crippen LogP contribution in [0.2, 0.25) is 0 Å². The Kier molecular flexibility index (Phi) is 5.29. The topological polar surface area (TPSA) is 67.6 Å². The zero-order valence-electron chi connectivity index (χ0n) is 10.3. The Morgan fingerprint density at radius 3 is 2.59 bits per heavy atom. The van der Waals surface area contributed by atoms with Gasteiger partial charge in [0.25, 0.3) is 0 Å². The van der Waals surface area contributed by atoms with Crippen LogP contribution in [0, 0.1) is 0 Å². The summed E-state index contributed by atoms with van der Waals surface area (Å²) in [6, 6.07) is 7.16. The van der Waals surface area contributed by atoms with Crippen LogP contribution in [0.3, 0.4) is 0 Å². The van der Waals surface area contributed by atoms with Gasteiger partial charge in [0.2, 0.25) is 5.91 Å². The van der Waals surface area contributed by atoms with Gasteiger partial charge < -0.3 is 20.7 Å². The standard InChI is InChI=1S/C12H19N3O2/c1-15(2)9-12(16)14-7-8-17-11-5-3-10(13)4-6-11/h3-6H,7-9,13H2,1-2H3,(H,14,16). The number of likely N-dealkylation sites (N-methyl/N-ethyl adjacent to an activating group) is 1. The maximum absolute atomic E-state index is 11.3. The van der Waals surface area contributed by atoms with Crippen LogP contribution in [0.5, 0.6) is 5.75 Å². The minimum atomic E-state index is -0.00379. The van der Waals surface area contributed by atoms with Crippen molar-refractivity contribution in [1.82, 2.24) is 10.2 Å². The highest BCUT2D eigenvalue weighted by Gasteiger charge is 2.01. The average Bonchev–Trinajstić information content (AvgIpc) is 2.26. The summed E-state index contributed by atoms with van der Waals surface area (Å²) >= 11 is 0. The maximum Gasteiger partial charge on any atom is 0.234 e. The average molecular weight is 237 g/mol. The molecule has 1 aromatic carbocycles. The number of nitrogen functional groups attached to an aromatic ring is 1. The van der Waals surface area contributed by atoms with Crippen molar-refractivity contribution in [1.29, 1.82) is 0 Å². The van der Waals surface area contributed by atoms with Crippen LogP contribution in [0.15, 0.2) is 24.3 Å². The van der Waals surface area contributed by atoms with E-state index in [9.17, 15) is 4.79 Å². The van der Waals surface area contributed by atoms with Gasteiger partial charge in [0.05, 0.1) is 13.1 Å². The lowest BCUT2D eigenvalue weighted by Crippen LogP contribution is -2.35. The third kappa shape index (κ3) is 5.77. The Morgan fingerprint density at radius 2 is 2.00 bits per heavy atom.